The number of amides is 2. The lowest BCUT2D eigenvalue weighted by Gasteiger charge is -2.19. The van der Waals surface area contributed by atoms with Gasteiger partial charge in [-0.25, -0.2) is 0 Å². The molecular formula is C21H24N2O3. The predicted molar refractivity (Wildman–Crippen MR) is 101 cm³/mol. The van der Waals surface area contributed by atoms with Crippen LogP contribution in [0.2, 0.25) is 0 Å². The van der Waals surface area contributed by atoms with E-state index in [4.69, 9.17) is 4.74 Å². The lowest BCUT2D eigenvalue weighted by molar-refractivity contribution is -0.126. The second-order valence-electron chi connectivity index (χ2n) is 6.47. The van der Waals surface area contributed by atoms with Crippen molar-refractivity contribution in [3.05, 3.63) is 60.2 Å². The molecule has 2 aromatic carbocycles. The average Bonchev–Trinajstić information content (AvgIpc) is 3.05. The Morgan fingerprint density at radius 3 is 2.54 bits per heavy atom. The van der Waals surface area contributed by atoms with E-state index in [1.54, 1.807) is 4.90 Å². The van der Waals surface area contributed by atoms with Gasteiger partial charge in [-0.15, -0.1) is 0 Å². The molecule has 0 spiro atoms. The first-order chi connectivity index (χ1) is 12.6. The molecule has 1 heterocycles. The van der Waals surface area contributed by atoms with Crippen LogP contribution in [0.25, 0.3) is 0 Å². The molecule has 2 amide bonds. The first kappa shape index (κ1) is 18.0. The third-order valence-electron chi connectivity index (χ3n) is 4.61. The minimum Gasteiger partial charge on any atom is -0.494 e. The van der Waals surface area contributed by atoms with E-state index in [1.807, 2.05) is 68.4 Å². The van der Waals surface area contributed by atoms with Crippen LogP contribution >= 0.6 is 0 Å². The summed E-state index contributed by atoms with van der Waals surface area (Å²) in [6.07, 6.45) is 0.237. The number of carbonyl (C=O) groups excluding carboxylic acids is 2. The van der Waals surface area contributed by atoms with Gasteiger partial charge in [0.25, 0.3) is 0 Å². The largest absolute Gasteiger partial charge is 0.494 e. The summed E-state index contributed by atoms with van der Waals surface area (Å²) in [7, 11) is 0. The predicted octanol–water partition coefficient (Wildman–Crippen LogP) is 3.32. The van der Waals surface area contributed by atoms with Crippen molar-refractivity contribution in [1.29, 1.82) is 0 Å². The number of anilines is 1. The van der Waals surface area contributed by atoms with Crippen molar-refractivity contribution in [2.45, 2.75) is 26.3 Å². The number of ether oxygens (including phenoxy) is 1. The standard InChI is InChI=1S/C21H24N2O3/c1-3-26-19-11-9-18(10-12-19)23-14-17(13-20(23)24)21(25)22-15(2)16-7-5-4-6-8-16/h4-12,15,17H,3,13-14H2,1-2H3,(H,22,25)/t15-,17-/m0/s1. The molecule has 3 rings (SSSR count). The minimum atomic E-state index is -0.333. The van der Waals surface area contributed by atoms with Crippen molar-refractivity contribution in [3.8, 4) is 5.75 Å². The maximum Gasteiger partial charge on any atom is 0.227 e. The summed E-state index contributed by atoms with van der Waals surface area (Å²) in [5, 5.41) is 3.02. The smallest absolute Gasteiger partial charge is 0.227 e. The maximum absolute atomic E-state index is 12.6. The van der Waals surface area contributed by atoms with Gasteiger partial charge in [0.05, 0.1) is 18.6 Å². The maximum atomic E-state index is 12.6. The molecule has 26 heavy (non-hydrogen) atoms. The molecule has 5 heteroatoms. The Balaban J connectivity index is 1.62. The van der Waals surface area contributed by atoms with E-state index in [-0.39, 0.29) is 30.2 Å². The molecule has 1 fully saturated rings. The molecule has 5 nitrogen and oxygen atoms in total. The fraction of sp³-hybridized carbons (Fsp3) is 0.333. The summed E-state index contributed by atoms with van der Waals surface area (Å²) in [5.41, 5.74) is 1.85. The summed E-state index contributed by atoms with van der Waals surface area (Å²) in [4.78, 5) is 26.6. The third kappa shape index (κ3) is 4.04. The summed E-state index contributed by atoms with van der Waals surface area (Å²) in [5.74, 6) is 0.332. The topological polar surface area (TPSA) is 58.6 Å². The SMILES string of the molecule is CCOc1ccc(N2C[C@@H](C(=O)N[C@@H](C)c3ccccc3)CC2=O)cc1. The van der Waals surface area contributed by atoms with E-state index in [1.165, 1.54) is 0 Å². The highest BCUT2D eigenvalue weighted by Gasteiger charge is 2.35. The fourth-order valence-electron chi connectivity index (χ4n) is 3.18. The zero-order valence-corrected chi connectivity index (χ0v) is 15.1. The highest BCUT2D eigenvalue weighted by atomic mass is 16.5. The van der Waals surface area contributed by atoms with E-state index in [0.29, 0.717) is 13.2 Å². The van der Waals surface area contributed by atoms with Crippen LogP contribution in [-0.4, -0.2) is 25.0 Å². The number of nitrogens with one attached hydrogen (secondary N) is 1. The molecule has 0 saturated carbocycles. The fourth-order valence-corrected chi connectivity index (χ4v) is 3.18. The number of rotatable bonds is 6. The van der Waals surface area contributed by atoms with Gasteiger partial charge in [0.15, 0.2) is 0 Å². The Morgan fingerprint density at radius 1 is 1.19 bits per heavy atom. The van der Waals surface area contributed by atoms with Crippen LogP contribution in [-0.2, 0) is 9.59 Å². The molecule has 136 valence electrons. The van der Waals surface area contributed by atoms with E-state index < -0.39 is 0 Å². The van der Waals surface area contributed by atoms with Crippen molar-refractivity contribution in [1.82, 2.24) is 5.32 Å². The molecule has 2 aromatic rings. The highest BCUT2D eigenvalue weighted by Crippen LogP contribution is 2.27. The molecule has 1 N–H and O–H groups in total. The van der Waals surface area contributed by atoms with Crippen molar-refractivity contribution < 1.29 is 14.3 Å². The monoisotopic (exact) mass is 352 g/mol. The van der Waals surface area contributed by atoms with Crippen LogP contribution in [0, 0.1) is 5.92 Å². The van der Waals surface area contributed by atoms with E-state index >= 15 is 0 Å². The second-order valence-corrected chi connectivity index (χ2v) is 6.47. The minimum absolute atomic E-state index is 0.0262. The van der Waals surface area contributed by atoms with E-state index in [9.17, 15) is 9.59 Å². The molecule has 0 unspecified atom stereocenters. The van der Waals surface area contributed by atoms with Crippen LogP contribution in [0.15, 0.2) is 54.6 Å². The van der Waals surface area contributed by atoms with Gasteiger partial charge in [-0.3, -0.25) is 9.59 Å². The molecule has 1 aliphatic heterocycles. The number of hydrogen-bond donors (Lipinski definition) is 1. The van der Waals surface area contributed by atoms with Crippen LogP contribution in [0.5, 0.6) is 5.75 Å². The molecule has 0 radical (unpaired) electrons. The van der Waals surface area contributed by atoms with Crippen molar-refractivity contribution >= 4 is 17.5 Å². The Morgan fingerprint density at radius 2 is 1.88 bits per heavy atom. The van der Waals surface area contributed by atoms with Crippen LogP contribution < -0.4 is 15.0 Å². The second kappa shape index (κ2) is 8.04. The summed E-state index contributed by atoms with van der Waals surface area (Å²) in [6.45, 7) is 4.88. The normalized spacial score (nSPS) is 17.8. The Bertz CT molecular complexity index is 759. The van der Waals surface area contributed by atoms with Gasteiger partial charge in [-0.2, -0.15) is 0 Å². The molecule has 2 atom stereocenters. The summed E-state index contributed by atoms with van der Waals surface area (Å²) < 4.78 is 5.43. The number of carbonyl (C=O) groups is 2. The Kier molecular flexibility index (Phi) is 5.56. The Hall–Kier alpha value is -2.82. The van der Waals surface area contributed by atoms with Gasteiger partial charge in [0, 0.05) is 18.7 Å². The third-order valence-corrected chi connectivity index (χ3v) is 4.61. The first-order valence-corrected chi connectivity index (χ1v) is 8.97. The average molecular weight is 352 g/mol. The van der Waals surface area contributed by atoms with Crippen LogP contribution in [0.1, 0.15) is 31.9 Å². The van der Waals surface area contributed by atoms with Gasteiger partial charge in [-0.05, 0) is 43.7 Å². The van der Waals surface area contributed by atoms with E-state index in [0.717, 1.165) is 17.0 Å². The zero-order valence-electron chi connectivity index (χ0n) is 15.1. The first-order valence-electron chi connectivity index (χ1n) is 8.97. The summed E-state index contributed by atoms with van der Waals surface area (Å²) >= 11 is 0. The quantitative estimate of drug-likeness (QED) is 0.868. The van der Waals surface area contributed by atoms with E-state index in [2.05, 4.69) is 5.32 Å². The van der Waals surface area contributed by atoms with Gasteiger partial charge >= 0.3 is 0 Å². The van der Waals surface area contributed by atoms with Crippen molar-refractivity contribution in [2.24, 2.45) is 5.92 Å². The number of hydrogen-bond acceptors (Lipinski definition) is 3. The molecule has 0 aliphatic carbocycles. The van der Waals surface area contributed by atoms with Crippen LogP contribution in [0.3, 0.4) is 0 Å². The summed E-state index contributed by atoms with van der Waals surface area (Å²) in [6, 6.07) is 17.1. The molecular weight excluding hydrogens is 328 g/mol. The number of benzene rings is 2. The zero-order chi connectivity index (χ0) is 18.5. The highest BCUT2D eigenvalue weighted by molar-refractivity contribution is 6.00. The van der Waals surface area contributed by atoms with Gasteiger partial charge in [0.1, 0.15) is 5.75 Å². The van der Waals surface area contributed by atoms with Crippen LogP contribution in [0.4, 0.5) is 5.69 Å². The Labute approximate surface area is 154 Å². The van der Waals surface area contributed by atoms with Gasteiger partial charge < -0.3 is 15.0 Å². The molecule has 0 bridgehead atoms. The molecule has 0 aromatic heterocycles. The van der Waals surface area contributed by atoms with Gasteiger partial charge in [0.2, 0.25) is 11.8 Å². The number of nitrogens with zero attached hydrogens (tertiary/aromatic N) is 1. The lowest BCUT2D eigenvalue weighted by atomic mass is 10.1. The molecule has 1 aliphatic rings. The molecule has 1 saturated heterocycles. The van der Waals surface area contributed by atoms with Gasteiger partial charge in [-0.1, -0.05) is 30.3 Å². The van der Waals surface area contributed by atoms with Crippen molar-refractivity contribution in [3.63, 3.8) is 0 Å². The lowest BCUT2D eigenvalue weighted by Crippen LogP contribution is -2.34. The van der Waals surface area contributed by atoms with Crippen molar-refractivity contribution in [2.75, 3.05) is 18.1 Å².